The van der Waals surface area contributed by atoms with Crippen LogP contribution in [-0.2, 0) is 19.6 Å². The Bertz CT molecular complexity index is 1040. The number of halogens is 1. The Morgan fingerprint density at radius 2 is 1.86 bits per heavy atom. The van der Waals surface area contributed by atoms with Gasteiger partial charge in [0, 0.05) is 18.0 Å². The molecule has 1 amide bonds. The molecule has 3 aromatic heterocycles. The summed E-state index contributed by atoms with van der Waals surface area (Å²) in [6.07, 6.45) is 6.42. The first-order chi connectivity index (χ1) is 13.7. The van der Waals surface area contributed by atoms with E-state index in [1.165, 1.54) is 12.3 Å². The minimum atomic E-state index is -0.277. The van der Waals surface area contributed by atoms with Gasteiger partial charge in [0.15, 0.2) is 5.76 Å². The van der Waals surface area contributed by atoms with Crippen LogP contribution in [0.25, 0.3) is 0 Å². The van der Waals surface area contributed by atoms with E-state index >= 15 is 0 Å². The molecule has 0 aliphatic rings. The van der Waals surface area contributed by atoms with E-state index in [0.29, 0.717) is 23.7 Å². The van der Waals surface area contributed by atoms with Gasteiger partial charge in [0.05, 0.1) is 32.2 Å². The smallest absolute Gasteiger partial charge is 0.290 e. The molecular formula is C21H18FN3O3. The van der Waals surface area contributed by atoms with Crippen molar-refractivity contribution in [3.8, 4) is 0 Å². The molecule has 0 unspecified atom stereocenters. The molecule has 4 rings (SSSR count). The lowest BCUT2D eigenvalue weighted by Gasteiger charge is -2.21. The fraction of sp³-hybridized carbons (Fsp3) is 0.143. The van der Waals surface area contributed by atoms with Crippen LogP contribution in [0.1, 0.15) is 27.7 Å². The highest BCUT2D eigenvalue weighted by Crippen LogP contribution is 2.16. The Morgan fingerprint density at radius 1 is 1.04 bits per heavy atom. The number of hydrogen-bond donors (Lipinski definition) is 0. The summed E-state index contributed by atoms with van der Waals surface area (Å²) >= 11 is 0. The van der Waals surface area contributed by atoms with Crippen molar-refractivity contribution in [2.24, 2.45) is 0 Å². The number of imidazole rings is 1. The molecule has 0 atom stereocenters. The first-order valence-corrected chi connectivity index (χ1v) is 8.79. The second kappa shape index (κ2) is 7.96. The highest BCUT2D eigenvalue weighted by Gasteiger charge is 2.22. The van der Waals surface area contributed by atoms with Gasteiger partial charge in [-0.3, -0.25) is 4.79 Å². The minimum Gasteiger partial charge on any atom is -0.467 e. The molecule has 0 bridgehead atoms. The van der Waals surface area contributed by atoms with Crippen LogP contribution < -0.4 is 0 Å². The van der Waals surface area contributed by atoms with E-state index < -0.39 is 0 Å². The summed E-state index contributed by atoms with van der Waals surface area (Å²) in [6.45, 7) is 0.812. The zero-order chi connectivity index (χ0) is 19.3. The van der Waals surface area contributed by atoms with Crippen LogP contribution >= 0.6 is 0 Å². The highest BCUT2D eigenvalue weighted by atomic mass is 19.1. The second-order valence-electron chi connectivity index (χ2n) is 6.28. The van der Waals surface area contributed by atoms with Crippen molar-refractivity contribution in [1.29, 1.82) is 0 Å². The van der Waals surface area contributed by atoms with Gasteiger partial charge < -0.3 is 18.3 Å². The largest absolute Gasteiger partial charge is 0.467 e. The fourth-order valence-electron chi connectivity index (χ4n) is 2.96. The lowest BCUT2D eigenvalue weighted by Crippen LogP contribution is -2.31. The van der Waals surface area contributed by atoms with Crippen molar-refractivity contribution >= 4 is 5.91 Å². The van der Waals surface area contributed by atoms with Gasteiger partial charge >= 0.3 is 0 Å². The van der Waals surface area contributed by atoms with Crippen molar-refractivity contribution in [2.45, 2.75) is 19.6 Å². The Hall–Kier alpha value is -3.61. The van der Waals surface area contributed by atoms with Crippen LogP contribution in [0.15, 0.2) is 82.3 Å². The van der Waals surface area contributed by atoms with Gasteiger partial charge in [0.2, 0.25) is 0 Å². The van der Waals surface area contributed by atoms with Gasteiger partial charge in [-0.2, -0.15) is 0 Å². The third-order valence-corrected chi connectivity index (χ3v) is 4.38. The van der Waals surface area contributed by atoms with Crippen LogP contribution in [0.3, 0.4) is 0 Å². The van der Waals surface area contributed by atoms with Crippen LogP contribution in [0.2, 0.25) is 0 Å². The van der Waals surface area contributed by atoms with Gasteiger partial charge in [-0.05, 0) is 30.3 Å². The van der Waals surface area contributed by atoms with Crippen molar-refractivity contribution in [2.75, 3.05) is 0 Å². The molecule has 7 heteroatoms. The summed E-state index contributed by atoms with van der Waals surface area (Å²) in [5.74, 6) is 0.962. The maximum atomic E-state index is 14.0. The van der Waals surface area contributed by atoms with Gasteiger partial charge in [0.25, 0.3) is 5.91 Å². The molecular weight excluding hydrogens is 361 g/mol. The second-order valence-corrected chi connectivity index (χ2v) is 6.28. The number of aromatic nitrogens is 2. The number of amides is 1. The molecule has 0 fully saturated rings. The normalized spacial score (nSPS) is 10.9. The number of furan rings is 2. The first-order valence-electron chi connectivity index (χ1n) is 8.79. The molecule has 0 N–H and O–H groups in total. The number of benzene rings is 1. The monoisotopic (exact) mass is 379 g/mol. The Labute approximate surface area is 160 Å². The van der Waals surface area contributed by atoms with E-state index in [2.05, 4.69) is 4.98 Å². The third-order valence-electron chi connectivity index (χ3n) is 4.38. The van der Waals surface area contributed by atoms with Gasteiger partial charge in [-0.25, -0.2) is 9.37 Å². The quantitative estimate of drug-likeness (QED) is 0.485. The van der Waals surface area contributed by atoms with Crippen LogP contribution in [0.4, 0.5) is 4.39 Å². The lowest BCUT2D eigenvalue weighted by molar-refractivity contribution is 0.0678. The molecule has 0 radical (unpaired) electrons. The number of nitrogens with zero attached hydrogens (tertiary/aromatic N) is 3. The van der Waals surface area contributed by atoms with Gasteiger partial charge in [0.1, 0.15) is 17.4 Å². The van der Waals surface area contributed by atoms with E-state index in [9.17, 15) is 9.18 Å². The maximum absolute atomic E-state index is 14.0. The number of carbonyl (C=O) groups is 1. The Kier molecular flexibility index (Phi) is 5.05. The number of carbonyl (C=O) groups excluding carboxylic acids is 1. The van der Waals surface area contributed by atoms with Gasteiger partial charge in [-0.15, -0.1) is 0 Å². The standard InChI is InChI=1S/C21H18FN3O3/c22-18-7-2-1-5-16(18)13-24-10-9-23-20(24)15-25(14-17-6-3-11-27-17)21(26)19-8-4-12-28-19/h1-12H,13-15H2. The van der Waals surface area contributed by atoms with Crippen LogP contribution in [-0.4, -0.2) is 20.4 Å². The fourth-order valence-corrected chi connectivity index (χ4v) is 2.96. The summed E-state index contributed by atoms with van der Waals surface area (Å²) in [6, 6.07) is 13.4. The van der Waals surface area contributed by atoms with Crippen LogP contribution in [0.5, 0.6) is 0 Å². The molecule has 4 aromatic rings. The number of hydrogen-bond acceptors (Lipinski definition) is 4. The predicted molar refractivity (Wildman–Crippen MR) is 98.7 cm³/mol. The molecule has 0 aliphatic carbocycles. The van der Waals surface area contributed by atoms with Gasteiger partial charge in [-0.1, -0.05) is 18.2 Å². The molecule has 3 heterocycles. The summed E-state index contributed by atoms with van der Waals surface area (Å²) in [5, 5.41) is 0. The third kappa shape index (κ3) is 3.88. The lowest BCUT2D eigenvalue weighted by atomic mass is 10.2. The summed E-state index contributed by atoms with van der Waals surface area (Å²) in [4.78, 5) is 18.8. The highest BCUT2D eigenvalue weighted by molar-refractivity contribution is 5.91. The SMILES string of the molecule is O=C(c1ccco1)N(Cc1ccco1)Cc1nccn1Cc1ccccc1F. The van der Waals surface area contributed by atoms with Crippen LogP contribution in [0, 0.1) is 5.82 Å². The maximum Gasteiger partial charge on any atom is 0.290 e. The van der Waals surface area contributed by atoms with E-state index in [1.807, 2.05) is 4.57 Å². The summed E-state index contributed by atoms with van der Waals surface area (Å²) in [7, 11) is 0. The summed E-state index contributed by atoms with van der Waals surface area (Å²) < 4.78 is 26.5. The molecule has 0 saturated heterocycles. The number of rotatable bonds is 7. The van der Waals surface area contributed by atoms with E-state index in [-0.39, 0.29) is 30.6 Å². The Morgan fingerprint density at radius 3 is 2.61 bits per heavy atom. The average molecular weight is 379 g/mol. The predicted octanol–water partition coefficient (Wildman–Crippen LogP) is 4.10. The van der Waals surface area contributed by atoms with Crippen molar-refractivity contribution in [1.82, 2.24) is 14.5 Å². The first kappa shape index (κ1) is 17.8. The van der Waals surface area contributed by atoms with Crippen molar-refractivity contribution < 1.29 is 18.0 Å². The molecule has 142 valence electrons. The minimum absolute atomic E-state index is 0.224. The molecule has 28 heavy (non-hydrogen) atoms. The van der Waals surface area contributed by atoms with Crippen molar-refractivity contribution in [3.05, 3.63) is 102 Å². The topological polar surface area (TPSA) is 64.4 Å². The molecule has 0 spiro atoms. The molecule has 0 saturated carbocycles. The Balaban J connectivity index is 1.58. The van der Waals surface area contributed by atoms with E-state index in [1.54, 1.807) is 66.0 Å². The zero-order valence-corrected chi connectivity index (χ0v) is 15.0. The zero-order valence-electron chi connectivity index (χ0n) is 15.0. The van der Waals surface area contributed by atoms with Crippen molar-refractivity contribution in [3.63, 3.8) is 0 Å². The molecule has 6 nitrogen and oxygen atoms in total. The molecule has 0 aliphatic heterocycles. The van der Waals surface area contributed by atoms with E-state index in [4.69, 9.17) is 8.83 Å². The average Bonchev–Trinajstić information content (AvgIpc) is 3.46. The van der Waals surface area contributed by atoms with E-state index in [0.717, 1.165) is 0 Å². The summed E-state index contributed by atoms with van der Waals surface area (Å²) in [5.41, 5.74) is 0.552. The molecule has 1 aromatic carbocycles.